The van der Waals surface area contributed by atoms with Crippen LogP contribution in [0.4, 0.5) is 0 Å². The van der Waals surface area contributed by atoms with Gasteiger partial charge in [0.2, 0.25) is 0 Å². The number of hydrogen-bond donors (Lipinski definition) is 1. The number of hydrazone groups is 1. The highest BCUT2D eigenvalue weighted by Crippen LogP contribution is 2.23. The van der Waals surface area contributed by atoms with Gasteiger partial charge in [0.1, 0.15) is 5.75 Å². The third-order valence-corrected chi connectivity index (χ3v) is 5.21. The smallest absolute Gasteiger partial charge is 0.343 e. The highest BCUT2D eigenvalue weighted by Gasteiger charge is 2.14. The minimum absolute atomic E-state index is 0.334. The molecule has 1 N–H and O–H groups in total. The quantitative estimate of drug-likeness (QED) is 0.211. The third-order valence-electron chi connectivity index (χ3n) is 4.03. The second-order valence-electron chi connectivity index (χ2n) is 6.07. The number of hydrogen-bond acceptors (Lipinski definition) is 4. The fourth-order valence-corrected chi connectivity index (χ4v) is 3.38. The molecule has 3 rings (SSSR count). The van der Waals surface area contributed by atoms with Crippen LogP contribution in [-0.2, 0) is 0 Å². The lowest BCUT2D eigenvalue weighted by Crippen LogP contribution is -2.18. The van der Waals surface area contributed by atoms with Crippen LogP contribution in [0, 0.1) is 6.92 Å². The minimum atomic E-state index is -0.461. The molecule has 29 heavy (non-hydrogen) atoms. The number of nitrogens with zero attached hydrogens (tertiary/aromatic N) is 1. The van der Waals surface area contributed by atoms with Gasteiger partial charge in [-0.05, 0) is 64.8 Å². The molecule has 0 spiro atoms. The van der Waals surface area contributed by atoms with Crippen molar-refractivity contribution in [2.24, 2.45) is 5.10 Å². The zero-order valence-corrected chi connectivity index (χ0v) is 18.5. The van der Waals surface area contributed by atoms with Crippen LogP contribution in [0.15, 0.2) is 80.8 Å². The molecule has 0 radical (unpaired) electrons. The topological polar surface area (TPSA) is 67.8 Å². The predicted molar refractivity (Wildman–Crippen MR) is 119 cm³/mol. The summed E-state index contributed by atoms with van der Waals surface area (Å²) in [4.78, 5) is 24.8. The van der Waals surface area contributed by atoms with Crippen molar-refractivity contribution in [2.75, 3.05) is 0 Å². The lowest BCUT2D eigenvalue weighted by molar-refractivity contribution is 0.0733. The van der Waals surface area contributed by atoms with Crippen molar-refractivity contribution >= 4 is 50.0 Å². The number of benzene rings is 3. The van der Waals surface area contributed by atoms with E-state index in [9.17, 15) is 9.59 Å². The van der Waals surface area contributed by atoms with E-state index in [1.165, 1.54) is 6.21 Å². The summed E-state index contributed by atoms with van der Waals surface area (Å²) < 4.78 is 7.01. The maximum Gasteiger partial charge on any atom is 0.343 e. The molecule has 0 saturated heterocycles. The standard InChI is InChI=1S/C22H16Br2N2O3/c1-14-6-2-3-7-17(14)22(28)29-20-11-10-16(23)12-15(20)13-25-26-21(27)18-8-4-5-9-19(18)24/h2-13H,1H3,(H,26,27)/b25-13+. The highest BCUT2D eigenvalue weighted by molar-refractivity contribution is 9.10. The largest absolute Gasteiger partial charge is 0.422 e. The van der Waals surface area contributed by atoms with Gasteiger partial charge < -0.3 is 4.74 Å². The molecule has 0 aliphatic rings. The van der Waals surface area contributed by atoms with Crippen LogP contribution < -0.4 is 10.2 Å². The zero-order valence-electron chi connectivity index (χ0n) is 15.4. The average molecular weight is 516 g/mol. The normalized spacial score (nSPS) is 10.7. The molecule has 0 aromatic heterocycles. The molecule has 0 heterocycles. The number of amides is 1. The van der Waals surface area contributed by atoms with Crippen molar-refractivity contribution in [3.05, 3.63) is 97.9 Å². The van der Waals surface area contributed by atoms with E-state index < -0.39 is 5.97 Å². The van der Waals surface area contributed by atoms with E-state index in [0.717, 1.165) is 10.0 Å². The Morgan fingerprint density at radius 1 is 0.966 bits per heavy atom. The van der Waals surface area contributed by atoms with E-state index in [0.29, 0.717) is 26.9 Å². The number of ether oxygens (including phenoxy) is 1. The minimum Gasteiger partial charge on any atom is -0.422 e. The van der Waals surface area contributed by atoms with E-state index in [1.54, 1.807) is 48.5 Å². The summed E-state index contributed by atoms with van der Waals surface area (Å²) >= 11 is 6.72. The first-order valence-electron chi connectivity index (χ1n) is 8.61. The van der Waals surface area contributed by atoms with Gasteiger partial charge in [-0.15, -0.1) is 0 Å². The Balaban J connectivity index is 1.77. The number of rotatable bonds is 5. The maximum atomic E-state index is 12.5. The van der Waals surface area contributed by atoms with Gasteiger partial charge in [0, 0.05) is 14.5 Å². The fourth-order valence-electron chi connectivity index (χ4n) is 2.54. The van der Waals surface area contributed by atoms with Crippen LogP contribution in [-0.4, -0.2) is 18.1 Å². The van der Waals surface area contributed by atoms with Crippen LogP contribution in [0.2, 0.25) is 0 Å². The van der Waals surface area contributed by atoms with Gasteiger partial charge in [-0.3, -0.25) is 4.79 Å². The molecule has 7 heteroatoms. The summed E-state index contributed by atoms with van der Waals surface area (Å²) in [5.74, 6) is -0.486. The van der Waals surface area contributed by atoms with E-state index in [1.807, 2.05) is 25.1 Å². The number of halogens is 2. The first kappa shape index (κ1) is 21.0. The lowest BCUT2D eigenvalue weighted by Gasteiger charge is -2.09. The monoisotopic (exact) mass is 514 g/mol. The Kier molecular flexibility index (Phi) is 6.95. The molecule has 5 nitrogen and oxygen atoms in total. The van der Waals surface area contributed by atoms with Crippen molar-refractivity contribution in [3.8, 4) is 5.75 Å². The molecule has 1 amide bonds. The molecule has 0 fully saturated rings. The van der Waals surface area contributed by atoms with E-state index >= 15 is 0 Å². The first-order valence-corrected chi connectivity index (χ1v) is 10.2. The molecule has 3 aromatic rings. The number of nitrogens with one attached hydrogen (secondary N) is 1. The molecular weight excluding hydrogens is 500 g/mol. The molecule has 0 saturated carbocycles. The zero-order chi connectivity index (χ0) is 20.8. The Hall–Kier alpha value is -2.77. The van der Waals surface area contributed by atoms with Gasteiger partial charge in [0.15, 0.2) is 0 Å². The summed E-state index contributed by atoms with van der Waals surface area (Å²) in [5, 5.41) is 4.00. The fraction of sp³-hybridized carbons (Fsp3) is 0.0455. The molecule has 0 unspecified atom stereocenters. The summed E-state index contributed by atoms with van der Waals surface area (Å²) in [7, 11) is 0. The third kappa shape index (κ3) is 5.40. The second-order valence-corrected chi connectivity index (χ2v) is 7.84. The van der Waals surface area contributed by atoms with E-state index in [-0.39, 0.29) is 5.91 Å². The van der Waals surface area contributed by atoms with E-state index in [2.05, 4.69) is 42.4 Å². The van der Waals surface area contributed by atoms with Gasteiger partial charge in [-0.2, -0.15) is 5.10 Å². The Labute approximate surface area is 185 Å². The van der Waals surface area contributed by atoms with Crippen LogP contribution in [0.3, 0.4) is 0 Å². The average Bonchev–Trinajstić information content (AvgIpc) is 2.70. The van der Waals surface area contributed by atoms with Crippen molar-refractivity contribution in [3.63, 3.8) is 0 Å². The van der Waals surface area contributed by atoms with Crippen LogP contribution in [0.25, 0.3) is 0 Å². The SMILES string of the molecule is Cc1ccccc1C(=O)Oc1ccc(Br)cc1/C=N/NC(=O)c1ccccc1Br. The lowest BCUT2D eigenvalue weighted by atomic mass is 10.1. The van der Waals surface area contributed by atoms with Crippen molar-refractivity contribution in [1.29, 1.82) is 0 Å². The van der Waals surface area contributed by atoms with Gasteiger partial charge >= 0.3 is 5.97 Å². The van der Waals surface area contributed by atoms with Gasteiger partial charge in [-0.25, -0.2) is 10.2 Å². The van der Waals surface area contributed by atoms with Crippen LogP contribution in [0.1, 0.15) is 31.8 Å². The van der Waals surface area contributed by atoms with Gasteiger partial charge in [0.05, 0.1) is 17.3 Å². The summed E-state index contributed by atoms with van der Waals surface area (Å²) in [6.07, 6.45) is 1.43. The van der Waals surface area contributed by atoms with Crippen molar-refractivity contribution in [1.82, 2.24) is 5.43 Å². The summed E-state index contributed by atoms with van der Waals surface area (Å²) in [6, 6.07) is 19.4. The van der Waals surface area contributed by atoms with Crippen molar-refractivity contribution < 1.29 is 14.3 Å². The Morgan fingerprint density at radius 2 is 1.66 bits per heavy atom. The molecular formula is C22H16Br2N2O3. The van der Waals surface area contributed by atoms with Crippen LogP contribution >= 0.6 is 31.9 Å². The molecule has 3 aromatic carbocycles. The Bertz CT molecular complexity index is 1100. The van der Waals surface area contributed by atoms with Crippen molar-refractivity contribution in [2.45, 2.75) is 6.92 Å². The molecule has 0 bridgehead atoms. The highest BCUT2D eigenvalue weighted by atomic mass is 79.9. The second kappa shape index (κ2) is 9.62. The number of aryl methyl sites for hydroxylation is 1. The van der Waals surface area contributed by atoms with Gasteiger partial charge in [0.25, 0.3) is 5.91 Å². The van der Waals surface area contributed by atoms with E-state index in [4.69, 9.17) is 4.74 Å². The Morgan fingerprint density at radius 3 is 2.38 bits per heavy atom. The molecule has 0 atom stereocenters. The molecule has 0 aliphatic heterocycles. The first-order chi connectivity index (χ1) is 14.0. The number of esters is 1. The van der Waals surface area contributed by atoms with Crippen LogP contribution in [0.5, 0.6) is 5.75 Å². The number of carbonyl (C=O) groups excluding carboxylic acids is 2. The summed E-state index contributed by atoms with van der Waals surface area (Å²) in [6.45, 7) is 1.85. The maximum absolute atomic E-state index is 12.5. The molecule has 0 aliphatic carbocycles. The summed E-state index contributed by atoms with van der Waals surface area (Å²) in [5.41, 5.74) is 4.78. The predicted octanol–water partition coefficient (Wildman–Crippen LogP) is 5.50. The molecule has 146 valence electrons. The number of carbonyl (C=O) groups is 2. The van der Waals surface area contributed by atoms with Gasteiger partial charge in [-0.1, -0.05) is 46.3 Å².